The van der Waals surface area contributed by atoms with Gasteiger partial charge in [0.2, 0.25) is 5.91 Å². The van der Waals surface area contributed by atoms with Gasteiger partial charge in [0.1, 0.15) is 5.70 Å². The zero-order valence-electron chi connectivity index (χ0n) is 18.9. The molecule has 3 rings (SSSR count). The molecule has 0 bridgehead atoms. The number of hydrogen-bond donors (Lipinski definition) is 2. The summed E-state index contributed by atoms with van der Waals surface area (Å²) in [7, 11) is 0. The summed E-state index contributed by atoms with van der Waals surface area (Å²) in [5.74, 6) is -2.33. The Bertz CT molecular complexity index is 1100. The molecule has 1 aliphatic rings. The van der Waals surface area contributed by atoms with Gasteiger partial charge in [0, 0.05) is 20.0 Å². The van der Waals surface area contributed by atoms with Gasteiger partial charge in [0.05, 0.1) is 30.2 Å². The van der Waals surface area contributed by atoms with Crippen LogP contribution in [0, 0.1) is 0 Å². The smallest absolute Gasteiger partial charge is 0.416 e. The Morgan fingerprint density at radius 2 is 1.77 bits per heavy atom. The molecule has 2 aromatic carbocycles. The number of carbonyl (C=O) groups is 3. The molecule has 8 nitrogen and oxygen atoms in total. The molecule has 0 radical (unpaired) electrons. The van der Waals surface area contributed by atoms with Crippen molar-refractivity contribution in [2.45, 2.75) is 13.1 Å². The second-order valence-electron chi connectivity index (χ2n) is 7.60. The van der Waals surface area contributed by atoms with E-state index in [1.54, 1.807) is 35.2 Å². The number of rotatable bonds is 7. The van der Waals surface area contributed by atoms with Gasteiger partial charge >= 0.3 is 12.1 Å². The summed E-state index contributed by atoms with van der Waals surface area (Å²) < 4.78 is 50.0. The maximum absolute atomic E-state index is 13.2. The van der Waals surface area contributed by atoms with E-state index in [1.165, 1.54) is 19.1 Å². The molecule has 0 saturated carbocycles. The molecule has 1 saturated heterocycles. The summed E-state index contributed by atoms with van der Waals surface area (Å²) in [6, 6.07) is 11.7. The van der Waals surface area contributed by atoms with Crippen molar-refractivity contribution in [3.05, 3.63) is 65.4 Å². The maximum atomic E-state index is 13.2. The molecule has 11 heteroatoms. The Labute approximate surface area is 199 Å². The lowest BCUT2D eigenvalue weighted by Gasteiger charge is -2.31. The Hall–Kier alpha value is -3.86. The van der Waals surface area contributed by atoms with Crippen molar-refractivity contribution >= 4 is 35.2 Å². The standard InChI is InChI=1S/C24H24F3N3O5/c1-16(31)28-20(13-17-5-3-2-4-6-17)23(33)35-15-22(32)29-19-14-18(24(25,26)27)7-8-21(19)30-9-11-34-12-10-30/h2-8,13-14H,9-12,15H2,1H3,(H,28,31)(H,29,32)/b20-13-. The number of esters is 1. The topological polar surface area (TPSA) is 97.0 Å². The summed E-state index contributed by atoms with van der Waals surface area (Å²) in [6.45, 7) is 2.10. The van der Waals surface area contributed by atoms with Gasteiger partial charge in [-0.25, -0.2) is 4.79 Å². The lowest BCUT2D eigenvalue weighted by atomic mass is 10.1. The minimum atomic E-state index is -4.61. The molecule has 1 fully saturated rings. The van der Waals surface area contributed by atoms with Crippen LogP contribution in [0.1, 0.15) is 18.1 Å². The maximum Gasteiger partial charge on any atom is 0.416 e. The normalized spacial score (nSPS) is 14.3. The SMILES string of the molecule is CC(=O)N/C(=C\c1ccccc1)C(=O)OCC(=O)Nc1cc(C(F)(F)F)ccc1N1CCOCC1. The van der Waals surface area contributed by atoms with Crippen LogP contribution in [-0.2, 0) is 30.0 Å². The molecular weight excluding hydrogens is 467 g/mol. The van der Waals surface area contributed by atoms with E-state index in [2.05, 4.69) is 10.6 Å². The number of nitrogens with one attached hydrogen (secondary N) is 2. The van der Waals surface area contributed by atoms with E-state index < -0.39 is 36.1 Å². The minimum Gasteiger partial charge on any atom is -0.451 e. The Balaban J connectivity index is 1.73. The number of carbonyl (C=O) groups excluding carboxylic acids is 3. The number of anilines is 2. The highest BCUT2D eigenvalue weighted by molar-refractivity contribution is 6.00. The second-order valence-corrected chi connectivity index (χ2v) is 7.60. The third-order valence-electron chi connectivity index (χ3n) is 4.93. The van der Waals surface area contributed by atoms with Crippen molar-refractivity contribution in [3.63, 3.8) is 0 Å². The summed E-state index contributed by atoms with van der Waals surface area (Å²) in [5.41, 5.74) is -0.185. The van der Waals surface area contributed by atoms with E-state index in [1.807, 2.05) is 0 Å². The van der Waals surface area contributed by atoms with Crippen molar-refractivity contribution in [1.29, 1.82) is 0 Å². The first-order chi connectivity index (χ1) is 16.6. The molecule has 2 aromatic rings. The van der Waals surface area contributed by atoms with Crippen LogP contribution in [0.4, 0.5) is 24.5 Å². The fraction of sp³-hybridized carbons (Fsp3) is 0.292. The molecule has 35 heavy (non-hydrogen) atoms. The first-order valence-corrected chi connectivity index (χ1v) is 10.7. The summed E-state index contributed by atoms with van der Waals surface area (Å²) >= 11 is 0. The Kier molecular flexibility index (Phi) is 8.48. The number of nitrogens with zero attached hydrogens (tertiary/aromatic N) is 1. The van der Waals surface area contributed by atoms with Crippen LogP contribution in [-0.4, -0.2) is 50.7 Å². The molecule has 0 aromatic heterocycles. The van der Waals surface area contributed by atoms with Crippen molar-refractivity contribution in [1.82, 2.24) is 5.32 Å². The lowest BCUT2D eigenvalue weighted by Crippen LogP contribution is -2.37. The van der Waals surface area contributed by atoms with E-state index in [-0.39, 0.29) is 11.4 Å². The van der Waals surface area contributed by atoms with Crippen LogP contribution in [0.3, 0.4) is 0 Å². The van der Waals surface area contributed by atoms with Crippen LogP contribution in [0.25, 0.3) is 6.08 Å². The number of amides is 2. The third kappa shape index (κ3) is 7.57. The van der Waals surface area contributed by atoms with Gasteiger partial charge < -0.3 is 25.0 Å². The Morgan fingerprint density at radius 3 is 2.40 bits per heavy atom. The number of halogens is 3. The number of hydrogen-bond acceptors (Lipinski definition) is 6. The molecule has 186 valence electrons. The summed E-state index contributed by atoms with van der Waals surface area (Å²) in [5, 5.41) is 4.75. The number of alkyl halides is 3. The van der Waals surface area contributed by atoms with Crippen LogP contribution in [0.2, 0.25) is 0 Å². The third-order valence-corrected chi connectivity index (χ3v) is 4.93. The monoisotopic (exact) mass is 491 g/mol. The highest BCUT2D eigenvalue weighted by Gasteiger charge is 2.32. The molecule has 0 aliphatic carbocycles. The average Bonchev–Trinajstić information content (AvgIpc) is 2.82. The summed E-state index contributed by atoms with van der Waals surface area (Å²) in [4.78, 5) is 38.3. The lowest BCUT2D eigenvalue weighted by molar-refractivity contribution is -0.144. The zero-order valence-corrected chi connectivity index (χ0v) is 18.9. The molecule has 0 spiro atoms. The highest BCUT2D eigenvalue weighted by atomic mass is 19.4. The Morgan fingerprint density at radius 1 is 1.09 bits per heavy atom. The van der Waals surface area contributed by atoms with E-state index in [0.717, 1.165) is 12.1 Å². The molecule has 0 atom stereocenters. The first-order valence-electron chi connectivity index (χ1n) is 10.7. The van der Waals surface area contributed by atoms with Gasteiger partial charge in [-0.15, -0.1) is 0 Å². The minimum absolute atomic E-state index is 0.0651. The fourth-order valence-electron chi connectivity index (χ4n) is 3.34. The van der Waals surface area contributed by atoms with Crippen LogP contribution in [0.5, 0.6) is 0 Å². The number of ether oxygens (including phenoxy) is 2. The number of morpholine rings is 1. The van der Waals surface area contributed by atoms with Gasteiger partial charge in [-0.2, -0.15) is 13.2 Å². The van der Waals surface area contributed by atoms with Gasteiger partial charge in [-0.05, 0) is 29.8 Å². The van der Waals surface area contributed by atoms with Crippen LogP contribution < -0.4 is 15.5 Å². The number of benzene rings is 2. The van der Waals surface area contributed by atoms with E-state index in [9.17, 15) is 27.6 Å². The predicted molar refractivity (Wildman–Crippen MR) is 122 cm³/mol. The van der Waals surface area contributed by atoms with E-state index >= 15 is 0 Å². The first kappa shape index (κ1) is 25.8. The predicted octanol–water partition coefficient (Wildman–Crippen LogP) is 3.20. The van der Waals surface area contributed by atoms with Gasteiger partial charge in [0.15, 0.2) is 6.61 Å². The van der Waals surface area contributed by atoms with Gasteiger partial charge in [-0.3, -0.25) is 9.59 Å². The molecule has 2 N–H and O–H groups in total. The average molecular weight is 491 g/mol. The fourth-order valence-corrected chi connectivity index (χ4v) is 3.34. The molecule has 2 amide bonds. The highest BCUT2D eigenvalue weighted by Crippen LogP contribution is 2.35. The molecule has 1 aliphatic heterocycles. The van der Waals surface area contributed by atoms with Crippen molar-refractivity contribution in [3.8, 4) is 0 Å². The van der Waals surface area contributed by atoms with Crippen LogP contribution in [0.15, 0.2) is 54.2 Å². The quantitative estimate of drug-likeness (QED) is 0.456. The van der Waals surface area contributed by atoms with Gasteiger partial charge in [0.25, 0.3) is 5.91 Å². The molecular formula is C24H24F3N3O5. The molecule has 0 unspecified atom stereocenters. The molecule has 1 heterocycles. The van der Waals surface area contributed by atoms with Crippen molar-refractivity contribution < 1.29 is 37.0 Å². The van der Waals surface area contributed by atoms with Gasteiger partial charge in [-0.1, -0.05) is 30.3 Å². The van der Waals surface area contributed by atoms with Crippen LogP contribution >= 0.6 is 0 Å². The largest absolute Gasteiger partial charge is 0.451 e. The van der Waals surface area contributed by atoms with E-state index in [4.69, 9.17) is 9.47 Å². The van der Waals surface area contributed by atoms with Crippen molar-refractivity contribution in [2.75, 3.05) is 43.1 Å². The summed E-state index contributed by atoms with van der Waals surface area (Å²) in [6.07, 6.45) is -3.23. The van der Waals surface area contributed by atoms with Crippen molar-refractivity contribution in [2.24, 2.45) is 0 Å². The second kappa shape index (κ2) is 11.5. The van der Waals surface area contributed by atoms with E-state index in [0.29, 0.717) is 37.6 Å². The zero-order chi connectivity index (χ0) is 25.4.